The fraction of sp³-hybridized carbons (Fsp3) is 0.643. The molecule has 0 aromatic carbocycles. The largest absolute Gasteiger partial charge is 0.416 e. The number of aromatic nitrogens is 1. The molecule has 1 fully saturated rings. The van der Waals surface area contributed by atoms with Gasteiger partial charge in [0, 0.05) is 18.0 Å². The molecule has 2 rings (SSSR count). The predicted molar refractivity (Wildman–Crippen MR) is 65.4 cm³/mol. The molecule has 0 spiro atoms. The SMILES string of the molecule is CC1CCCC(O)(c2cnccc2C(F)(F)F)CC1. The third kappa shape index (κ3) is 3.08. The van der Waals surface area contributed by atoms with Crippen molar-refractivity contribution in [3.63, 3.8) is 0 Å². The maximum Gasteiger partial charge on any atom is 0.416 e. The van der Waals surface area contributed by atoms with Crippen molar-refractivity contribution in [3.05, 3.63) is 29.6 Å². The number of alkyl halides is 3. The molecule has 1 heterocycles. The Bertz CT molecular complexity index is 447. The van der Waals surface area contributed by atoms with Crippen molar-refractivity contribution < 1.29 is 18.3 Å². The molecule has 1 aromatic rings. The van der Waals surface area contributed by atoms with Gasteiger partial charge >= 0.3 is 6.18 Å². The van der Waals surface area contributed by atoms with Crippen LogP contribution in [-0.4, -0.2) is 10.1 Å². The molecule has 0 saturated heterocycles. The molecule has 0 radical (unpaired) electrons. The van der Waals surface area contributed by atoms with Crippen LogP contribution in [0.5, 0.6) is 0 Å². The molecule has 2 atom stereocenters. The van der Waals surface area contributed by atoms with Crippen molar-refractivity contribution in [1.29, 1.82) is 0 Å². The monoisotopic (exact) mass is 273 g/mol. The van der Waals surface area contributed by atoms with Gasteiger partial charge in [-0.15, -0.1) is 0 Å². The highest BCUT2D eigenvalue weighted by Gasteiger charge is 2.41. The lowest BCUT2D eigenvalue weighted by Crippen LogP contribution is -2.28. The summed E-state index contributed by atoms with van der Waals surface area (Å²) in [4.78, 5) is 3.77. The Morgan fingerprint density at radius 2 is 2.05 bits per heavy atom. The van der Waals surface area contributed by atoms with Gasteiger partial charge in [0.05, 0.1) is 11.2 Å². The molecule has 0 aliphatic heterocycles. The van der Waals surface area contributed by atoms with E-state index in [1.165, 1.54) is 6.20 Å². The summed E-state index contributed by atoms with van der Waals surface area (Å²) in [6, 6.07) is 0.946. The van der Waals surface area contributed by atoms with Crippen LogP contribution in [0.25, 0.3) is 0 Å². The van der Waals surface area contributed by atoms with Gasteiger partial charge < -0.3 is 5.11 Å². The predicted octanol–water partition coefficient (Wildman–Crippen LogP) is 3.89. The average molecular weight is 273 g/mol. The third-order valence-electron chi connectivity index (χ3n) is 3.97. The molecule has 0 bridgehead atoms. The van der Waals surface area contributed by atoms with E-state index in [9.17, 15) is 18.3 Å². The number of nitrogens with zero attached hydrogens (tertiary/aromatic N) is 1. The van der Waals surface area contributed by atoms with Gasteiger partial charge in [0.1, 0.15) is 0 Å². The zero-order valence-electron chi connectivity index (χ0n) is 10.9. The van der Waals surface area contributed by atoms with E-state index in [1.54, 1.807) is 0 Å². The first-order chi connectivity index (χ1) is 8.83. The summed E-state index contributed by atoms with van der Waals surface area (Å²) in [5.41, 5.74) is -2.24. The number of halogens is 3. The van der Waals surface area contributed by atoms with Crippen LogP contribution in [0.4, 0.5) is 13.2 Å². The summed E-state index contributed by atoms with van der Waals surface area (Å²) >= 11 is 0. The van der Waals surface area contributed by atoms with Gasteiger partial charge in [-0.05, 0) is 37.7 Å². The van der Waals surface area contributed by atoms with Gasteiger partial charge in [-0.25, -0.2) is 0 Å². The van der Waals surface area contributed by atoms with Crippen molar-refractivity contribution in [2.75, 3.05) is 0 Å². The molecule has 2 nitrogen and oxygen atoms in total. The van der Waals surface area contributed by atoms with E-state index >= 15 is 0 Å². The van der Waals surface area contributed by atoms with Crippen LogP contribution in [-0.2, 0) is 11.8 Å². The van der Waals surface area contributed by atoms with Gasteiger partial charge in [0.15, 0.2) is 0 Å². The summed E-state index contributed by atoms with van der Waals surface area (Å²) in [5, 5.41) is 10.6. The Morgan fingerprint density at radius 1 is 1.32 bits per heavy atom. The molecule has 5 heteroatoms. The first kappa shape index (κ1) is 14.3. The summed E-state index contributed by atoms with van der Waals surface area (Å²) < 4.78 is 39.0. The number of hydrogen-bond acceptors (Lipinski definition) is 2. The number of aliphatic hydroxyl groups is 1. The Balaban J connectivity index is 2.40. The van der Waals surface area contributed by atoms with Crippen LogP contribution in [0, 0.1) is 5.92 Å². The van der Waals surface area contributed by atoms with Gasteiger partial charge in [0.25, 0.3) is 0 Å². The molecular weight excluding hydrogens is 255 g/mol. The smallest absolute Gasteiger partial charge is 0.385 e. The van der Waals surface area contributed by atoms with Crippen molar-refractivity contribution in [1.82, 2.24) is 4.98 Å². The number of hydrogen-bond donors (Lipinski definition) is 1. The van der Waals surface area contributed by atoms with Crippen LogP contribution >= 0.6 is 0 Å². The summed E-state index contributed by atoms with van der Waals surface area (Å²) in [6.45, 7) is 2.07. The molecule has 1 aliphatic rings. The zero-order chi connectivity index (χ0) is 14.1. The molecule has 1 aromatic heterocycles. The minimum atomic E-state index is -4.45. The first-order valence-electron chi connectivity index (χ1n) is 6.57. The molecule has 1 N–H and O–H groups in total. The van der Waals surface area contributed by atoms with Crippen LogP contribution in [0.15, 0.2) is 18.5 Å². The lowest BCUT2D eigenvalue weighted by molar-refractivity contribution is -0.141. The van der Waals surface area contributed by atoms with Crippen LogP contribution in [0.3, 0.4) is 0 Å². The number of rotatable bonds is 1. The second kappa shape index (κ2) is 5.12. The highest BCUT2D eigenvalue weighted by molar-refractivity contribution is 5.32. The maximum absolute atomic E-state index is 13.0. The summed E-state index contributed by atoms with van der Waals surface area (Å²) in [5.74, 6) is 0.444. The van der Waals surface area contributed by atoms with Crippen LogP contribution < -0.4 is 0 Å². The normalized spacial score (nSPS) is 29.0. The van der Waals surface area contributed by atoms with E-state index in [2.05, 4.69) is 11.9 Å². The molecule has 106 valence electrons. The van der Waals surface area contributed by atoms with Gasteiger partial charge in [-0.3, -0.25) is 4.98 Å². The lowest BCUT2D eigenvalue weighted by Gasteiger charge is -2.29. The fourth-order valence-corrected chi connectivity index (χ4v) is 2.78. The van der Waals surface area contributed by atoms with Crippen molar-refractivity contribution in [3.8, 4) is 0 Å². The molecule has 2 unspecified atom stereocenters. The molecular formula is C14H18F3NO. The van der Waals surface area contributed by atoms with E-state index in [4.69, 9.17) is 0 Å². The van der Waals surface area contributed by atoms with Crippen molar-refractivity contribution >= 4 is 0 Å². The van der Waals surface area contributed by atoms with Gasteiger partial charge in [-0.1, -0.05) is 13.3 Å². The summed E-state index contributed by atoms with van der Waals surface area (Å²) in [6.07, 6.45) is 0.991. The molecule has 19 heavy (non-hydrogen) atoms. The van der Waals surface area contributed by atoms with E-state index in [1.807, 2.05) is 0 Å². The van der Waals surface area contributed by atoms with E-state index < -0.39 is 17.3 Å². The van der Waals surface area contributed by atoms with Crippen molar-refractivity contribution in [2.45, 2.75) is 50.8 Å². The van der Waals surface area contributed by atoms with E-state index in [-0.39, 0.29) is 5.56 Å². The van der Waals surface area contributed by atoms with Gasteiger partial charge in [0.2, 0.25) is 0 Å². The maximum atomic E-state index is 13.0. The standard InChI is InChI=1S/C14H18F3NO/c1-10-3-2-6-13(19,7-4-10)12-9-18-8-5-11(12)14(15,16)17/h5,8-10,19H,2-4,6-7H2,1H3. The van der Waals surface area contributed by atoms with E-state index in [0.29, 0.717) is 18.8 Å². The fourth-order valence-electron chi connectivity index (χ4n) is 2.78. The minimum Gasteiger partial charge on any atom is -0.385 e. The average Bonchev–Trinajstić information content (AvgIpc) is 2.52. The molecule has 0 amide bonds. The van der Waals surface area contributed by atoms with Crippen LogP contribution in [0.1, 0.15) is 50.2 Å². The second-order valence-corrected chi connectivity index (χ2v) is 5.49. The van der Waals surface area contributed by atoms with Crippen LogP contribution in [0.2, 0.25) is 0 Å². The Labute approximate surface area is 110 Å². The Morgan fingerprint density at radius 3 is 2.74 bits per heavy atom. The quantitative estimate of drug-likeness (QED) is 0.787. The second-order valence-electron chi connectivity index (χ2n) is 5.49. The molecule has 1 saturated carbocycles. The Hall–Kier alpha value is -1.10. The zero-order valence-corrected chi connectivity index (χ0v) is 10.9. The first-order valence-corrected chi connectivity index (χ1v) is 6.57. The van der Waals surface area contributed by atoms with Crippen molar-refractivity contribution in [2.24, 2.45) is 5.92 Å². The topological polar surface area (TPSA) is 33.1 Å². The highest BCUT2D eigenvalue weighted by Crippen LogP contribution is 2.42. The minimum absolute atomic E-state index is 0.0726. The van der Waals surface area contributed by atoms with E-state index in [0.717, 1.165) is 31.5 Å². The lowest BCUT2D eigenvalue weighted by atomic mass is 9.84. The van der Waals surface area contributed by atoms with Gasteiger partial charge in [-0.2, -0.15) is 13.2 Å². The highest BCUT2D eigenvalue weighted by atomic mass is 19.4. The number of pyridine rings is 1. The molecule has 1 aliphatic carbocycles. The third-order valence-corrected chi connectivity index (χ3v) is 3.97. The summed E-state index contributed by atoms with van der Waals surface area (Å²) in [7, 11) is 0. The Kier molecular flexibility index (Phi) is 3.85.